The first-order chi connectivity index (χ1) is 13.6. The molecule has 0 saturated carbocycles. The number of rotatable bonds is 4. The van der Waals surface area contributed by atoms with Gasteiger partial charge >= 0.3 is 0 Å². The summed E-state index contributed by atoms with van der Waals surface area (Å²) < 4.78 is 39.3. The van der Waals surface area contributed by atoms with E-state index in [1.54, 1.807) is 0 Å². The number of piperidine rings is 2. The zero-order chi connectivity index (χ0) is 19.3. The van der Waals surface area contributed by atoms with Crippen LogP contribution in [0.5, 0.6) is 11.5 Å². The van der Waals surface area contributed by atoms with Gasteiger partial charge in [0.15, 0.2) is 11.5 Å². The molecule has 0 radical (unpaired) electrons. The molecule has 154 valence electrons. The predicted octanol–water partition coefficient (Wildman–Crippen LogP) is 1.48. The molecule has 4 aliphatic rings. The van der Waals surface area contributed by atoms with Crippen molar-refractivity contribution >= 4 is 10.0 Å². The first-order valence-electron chi connectivity index (χ1n) is 10.4. The third-order valence-corrected chi connectivity index (χ3v) is 8.85. The molecule has 0 aromatic heterocycles. The number of hydrogen-bond donors (Lipinski definition) is 1. The van der Waals surface area contributed by atoms with Gasteiger partial charge in [-0.25, -0.2) is 8.42 Å². The van der Waals surface area contributed by atoms with Gasteiger partial charge in [0.25, 0.3) is 0 Å². The van der Waals surface area contributed by atoms with Gasteiger partial charge in [0.1, 0.15) is 0 Å². The first-order valence-corrected chi connectivity index (χ1v) is 12.0. The van der Waals surface area contributed by atoms with Crippen molar-refractivity contribution in [2.24, 2.45) is 11.7 Å². The van der Waals surface area contributed by atoms with E-state index in [2.05, 4.69) is 11.0 Å². The van der Waals surface area contributed by atoms with Crippen LogP contribution in [0.25, 0.3) is 0 Å². The Bertz CT molecular complexity index is 859. The highest BCUT2D eigenvalue weighted by atomic mass is 32.2. The highest BCUT2D eigenvalue weighted by Crippen LogP contribution is 2.50. The molecule has 0 bridgehead atoms. The maximum absolute atomic E-state index is 13.0. The standard InChI is InChI=1S/C20H29N3O4S/c21-7-2-10-28(24,25)23-8-1-3-15-12-22-9-6-14-4-5-18-20(27-13-26-18)19(14)17(22)11-16(15)23/h4-5,15-17H,1-3,6-13,21H2/t15-,16+,17-/m0/s1. The lowest BCUT2D eigenvalue weighted by molar-refractivity contribution is 0.0209. The summed E-state index contributed by atoms with van der Waals surface area (Å²) in [6, 6.07) is 4.43. The van der Waals surface area contributed by atoms with Crippen LogP contribution >= 0.6 is 0 Å². The predicted molar refractivity (Wildman–Crippen MR) is 106 cm³/mol. The lowest BCUT2D eigenvalue weighted by atomic mass is 9.77. The summed E-state index contributed by atoms with van der Waals surface area (Å²) in [5, 5.41) is 0. The first kappa shape index (κ1) is 18.7. The van der Waals surface area contributed by atoms with Crippen LogP contribution in [-0.2, 0) is 16.4 Å². The molecule has 0 aliphatic carbocycles. The van der Waals surface area contributed by atoms with Gasteiger partial charge in [0.2, 0.25) is 16.8 Å². The van der Waals surface area contributed by atoms with Crippen LogP contribution in [0.2, 0.25) is 0 Å². The van der Waals surface area contributed by atoms with Gasteiger partial charge < -0.3 is 15.2 Å². The largest absolute Gasteiger partial charge is 0.454 e. The quantitative estimate of drug-likeness (QED) is 0.814. The van der Waals surface area contributed by atoms with Crippen LogP contribution in [-0.4, -0.2) is 62.4 Å². The molecule has 0 amide bonds. The average Bonchev–Trinajstić information content (AvgIpc) is 3.19. The number of sulfonamides is 1. The Balaban J connectivity index is 1.48. The number of nitrogens with two attached hydrogens (primary N) is 1. The molecule has 2 saturated heterocycles. The van der Waals surface area contributed by atoms with E-state index < -0.39 is 10.0 Å². The second-order valence-corrected chi connectivity index (χ2v) is 10.4. The molecule has 8 heteroatoms. The van der Waals surface area contributed by atoms with Crippen molar-refractivity contribution in [2.45, 2.75) is 44.2 Å². The number of fused-ring (bicyclic) bond motifs is 6. The van der Waals surface area contributed by atoms with Gasteiger partial charge in [-0.05, 0) is 56.2 Å². The van der Waals surface area contributed by atoms with Crippen LogP contribution in [0.15, 0.2) is 12.1 Å². The summed E-state index contributed by atoms with van der Waals surface area (Å²) in [4.78, 5) is 2.54. The van der Waals surface area contributed by atoms with Gasteiger partial charge in [0, 0.05) is 37.3 Å². The lowest BCUT2D eigenvalue weighted by Crippen LogP contribution is -2.57. The van der Waals surface area contributed by atoms with Crippen LogP contribution in [0.3, 0.4) is 0 Å². The van der Waals surface area contributed by atoms with Crippen molar-refractivity contribution in [3.63, 3.8) is 0 Å². The molecule has 1 aromatic rings. The molecule has 28 heavy (non-hydrogen) atoms. The van der Waals surface area contributed by atoms with Gasteiger partial charge in [-0.3, -0.25) is 4.90 Å². The highest BCUT2D eigenvalue weighted by Gasteiger charge is 2.47. The monoisotopic (exact) mass is 407 g/mol. The minimum atomic E-state index is -3.26. The fraction of sp³-hybridized carbons (Fsp3) is 0.700. The second-order valence-electron chi connectivity index (χ2n) is 8.41. The molecule has 4 heterocycles. The van der Waals surface area contributed by atoms with E-state index in [1.807, 2.05) is 10.4 Å². The minimum Gasteiger partial charge on any atom is -0.454 e. The highest BCUT2D eigenvalue weighted by molar-refractivity contribution is 7.89. The molecule has 0 unspecified atom stereocenters. The number of hydrogen-bond acceptors (Lipinski definition) is 6. The molecule has 1 aromatic carbocycles. The summed E-state index contributed by atoms with van der Waals surface area (Å²) >= 11 is 0. The summed E-state index contributed by atoms with van der Waals surface area (Å²) in [5.41, 5.74) is 8.12. The van der Waals surface area contributed by atoms with Crippen LogP contribution in [0.4, 0.5) is 0 Å². The molecular formula is C20H29N3O4S. The smallest absolute Gasteiger partial charge is 0.231 e. The van der Waals surface area contributed by atoms with E-state index in [-0.39, 0.29) is 24.6 Å². The van der Waals surface area contributed by atoms with E-state index >= 15 is 0 Å². The average molecular weight is 408 g/mol. The van der Waals surface area contributed by atoms with Gasteiger partial charge in [-0.1, -0.05) is 6.07 Å². The molecule has 4 aliphatic heterocycles. The van der Waals surface area contributed by atoms with Crippen molar-refractivity contribution in [1.82, 2.24) is 9.21 Å². The fourth-order valence-corrected chi connectivity index (χ4v) is 7.43. The zero-order valence-electron chi connectivity index (χ0n) is 16.2. The molecule has 2 N–H and O–H groups in total. The van der Waals surface area contributed by atoms with Gasteiger partial charge in [0.05, 0.1) is 5.75 Å². The van der Waals surface area contributed by atoms with E-state index in [0.717, 1.165) is 50.3 Å². The Morgan fingerprint density at radius 3 is 2.96 bits per heavy atom. The number of nitrogens with zero attached hydrogens (tertiary/aromatic N) is 2. The van der Waals surface area contributed by atoms with Crippen molar-refractivity contribution < 1.29 is 17.9 Å². The van der Waals surface area contributed by atoms with Crippen molar-refractivity contribution in [3.8, 4) is 11.5 Å². The third kappa shape index (κ3) is 3.01. The Morgan fingerprint density at radius 1 is 1.21 bits per heavy atom. The maximum Gasteiger partial charge on any atom is 0.231 e. The third-order valence-electron chi connectivity index (χ3n) is 6.88. The molecule has 7 nitrogen and oxygen atoms in total. The molecule has 5 rings (SSSR count). The normalized spacial score (nSPS) is 29.8. The van der Waals surface area contributed by atoms with E-state index in [9.17, 15) is 8.42 Å². The molecule has 0 spiro atoms. The Morgan fingerprint density at radius 2 is 2.11 bits per heavy atom. The summed E-state index contributed by atoms with van der Waals surface area (Å²) in [6.45, 7) is 3.31. The Hall–Kier alpha value is -1.35. The molecule has 2 fully saturated rings. The molecule has 3 atom stereocenters. The SMILES string of the molecule is NCCCS(=O)(=O)N1CCC[C@H]2CN3CCc4ccc5c(c4[C@@H]3C[C@H]21)OCO5. The fourth-order valence-electron chi connectivity index (χ4n) is 5.59. The van der Waals surface area contributed by atoms with Crippen LogP contribution in [0.1, 0.15) is 42.9 Å². The second kappa shape index (κ2) is 7.16. The Kier molecular flexibility index (Phi) is 4.77. The number of ether oxygens (including phenoxy) is 2. The van der Waals surface area contributed by atoms with E-state index in [4.69, 9.17) is 15.2 Å². The Labute approximate surface area is 166 Å². The van der Waals surface area contributed by atoms with E-state index in [1.165, 1.54) is 11.1 Å². The van der Waals surface area contributed by atoms with Crippen molar-refractivity contribution in [2.75, 3.05) is 38.7 Å². The van der Waals surface area contributed by atoms with Crippen LogP contribution < -0.4 is 15.2 Å². The van der Waals surface area contributed by atoms with Crippen molar-refractivity contribution in [3.05, 3.63) is 23.3 Å². The van der Waals surface area contributed by atoms with Crippen molar-refractivity contribution in [1.29, 1.82) is 0 Å². The summed E-state index contributed by atoms with van der Waals surface area (Å²) in [6.07, 6.45) is 4.42. The lowest BCUT2D eigenvalue weighted by Gasteiger charge is -2.51. The molecular weight excluding hydrogens is 378 g/mol. The summed E-state index contributed by atoms with van der Waals surface area (Å²) in [5.74, 6) is 2.26. The zero-order valence-corrected chi connectivity index (χ0v) is 17.0. The van der Waals surface area contributed by atoms with Crippen LogP contribution in [0, 0.1) is 5.92 Å². The van der Waals surface area contributed by atoms with E-state index in [0.29, 0.717) is 25.4 Å². The summed E-state index contributed by atoms with van der Waals surface area (Å²) in [7, 11) is -3.26. The minimum absolute atomic E-state index is 0.0712. The topological polar surface area (TPSA) is 85.1 Å². The van der Waals surface area contributed by atoms with Gasteiger partial charge in [-0.15, -0.1) is 0 Å². The van der Waals surface area contributed by atoms with Gasteiger partial charge in [-0.2, -0.15) is 4.31 Å². The maximum atomic E-state index is 13.0. The number of benzene rings is 1.